The molecule has 0 aromatic rings. The van der Waals surface area contributed by atoms with Gasteiger partial charge in [-0.05, 0) is 57.3 Å². The first-order chi connectivity index (χ1) is 9.70. The highest BCUT2D eigenvalue weighted by atomic mass is 15.3. The van der Waals surface area contributed by atoms with Gasteiger partial charge in [0.05, 0.1) is 0 Å². The van der Waals surface area contributed by atoms with Crippen LogP contribution in [0.25, 0.3) is 0 Å². The maximum Gasteiger partial charge on any atom is 0.0335 e. The Balaban J connectivity index is 1.50. The topological polar surface area (TPSA) is 15.3 Å². The molecule has 1 saturated heterocycles. The predicted octanol–water partition coefficient (Wildman–Crippen LogP) is 3.56. The molecule has 1 atom stereocenters. The van der Waals surface area contributed by atoms with Crippen LogP contribution >= 0.6 is 0 Å². The average molecular weight is 276 g/mol. The highest BCUT2D eigenvalue weighted by molar-refractivity contribution is 5.10. The van der Waals surface area contributed by atoms with Crippen LogP contribution in [0.15, 0.2) is 0 Å². The van der Waals surface area contributed by atoms with E-state index in [1.54, 1.807) is 0 Å². The summed E-state index contributed by atoms with van der Waals surface area (Å²) in [5.74, 6) is 2.00. The predicted molar refractivity (Wildman–Crippen MR) is 83.9 cm³/mol. The van der Waals surface area contributed by atoms with Crippen molar-refractivity contribution < 1.29 is 0 Å². The van der Waals surface area contributed by atoms with Crippen LogP contribution in [-0.4, -0.2) is 35.6 Å². The van der Waals surface area contributed by atoms with Gasteiger partial charge in [-0.1, -0.05) is 25.7 Å². The molecule has 0 aromatic carbocycles. The van der Waals surface area contributed by atoms with Crippen LogP contribution in [0.3, 0.4) is 0 Å². The molecule has 4 aliphatic rings. The molecule has 114 valence electrons. The Morgan fingerprint density at radius 2 is 1.75 bits per heavy atom. The van der Waals surface area contributed by atoms with Crippen molar-refractivity contribution >= 4 is 0 Å². The number of hydrogen-bond donors (Lipinski definition) is 1. The Morgan fingerprint density at radius 3 is 2.35 bits per heavy atom. The van der Waals surface area contributed by atoms with Crippen LogP contribution in [0.4, 0.5) is 0 Å². The van der Waals surface area contributed by atoms with Crippen LogP contribution in [-0.2, 0) is 0 Å². The molecule has 3 aliphatic carbocycles. The summed E-state index contributed by atoms with van der Waals surface area (Å²) in [7, 11) is 0. The Kier molecular flexibility index (Phi) is 3.38. The van der Waals surface area contributed by atoms with Gasteiger partial charge in [0.15, 0.2) is 0 Å². The van der Waals surface area contributed by atoms with E-state index < -0.39 is 0 Å². The number of hydrogen-bond acceptors (Lipinski definition) is 2. The fourth-order valence-electron chi connectivity index (χ4n) is 5.01. The summed E-state index contributed by atoms with van der Waals surface area (Å²) in [5.41, 5.74) is 0.953. The van der Waals surface area contributed by atoms with Gasteiger partial charge in [0.1, 0.15) is 0 Å². The zero-order chi connectivity index (χ0) is 13.6. The third-order valence-electron chi connectivity index (χ3n) is 7.01. The van der Waals surface area contributed by atoms with Crippen molar-refractivity contribution in [3.63, 3.8) is 0 Å². The molecule has 4 fully saturated rings. The maximum absolute atomic E-state index is 4.04. The van der Waals surface area contributed by atoms with Crippen molar-refractivity contribution in [2.24, 2.45) is 11.8 Å². The van der Waals surface area contributed by atoms with Gasteiger partial charge in [-0.3, -0.25) is 4.90 Å². The van der Waals surface area contributed by atoms with Crippen molar-refractivity contribution in [2.75, 3.05) is 19.6 Å². The summed E-state index contributed by atoms with van der Waals surface area (Å²) in [4.78, 5) is 2.95. The second-order valence-electron chi connectivity index (χ2n) is 8.50. The first kappa shape index (κ1) is 13.6. The molecule has 1 heterocycles. The Bertz CT molecular complexity index is 352. The summed E-state index contributed by atoms with van der Waals surface area (Å²) < 4.78 is 0. The van der Waals surface area contributed by atoms with E-state index in [-0.39, 0.29) is 0 Å². The van der Waals surface area contributed by atoms with Gasteiger partial charge in [0.25, 0.3) is 0 Å². The fraction of sp³-hybridized carbons (Fsp3) is 1.00. The standard InChI is InChI=1S/C18H32N2/c1-17(16-8-9-16)13-19-18(10-3-2-4-11-18)14-20(17)12-15-6-5-7-15/h15-16,19H,2-14H2,1H3. The molecule has 4 rings (SSSR count). The van der Waals surface area contributed by atoms with E-state index in [2.05, 4.69) is 17.1 Å². The molecule has 3 saturated carbocycles. The second-order valence-corrected chi connectivity index (χ2v) is 8.50. The lowest BCUT2D eigenvalue weighted by atomic mass is 9.75. The van der Waals surface area contributed by atoms with E-state index in [1.807, 2.05) is 0 Å². The SMILES string of the molecule is CC1(C2CC2)CNC2(CCCCC2)CN1CC1CCC1. The molecule has 1 unspecified atom stereocenters. The lowest BCUT2D eigenvalue weighted by Gasteiger charge is -2.56. The van der Waals surface area contributed by atoms with Crippen LogP contribution in [0.2, 0.25) is 0 Å². The third kappa shape index (κ3) is 2.33. The van der Waals surface area contributed by atoms with Crippen molar-refractivity contribution in [3.05, 3.63) is 0 Å². The van der Waals surface area contributed by atoms with Gasteiger partial charge in [-0.15, -0.1) is 0 Å². The largest absolute Gasteiger partial charge is 0.308 e. The summed E-state index contributed by atoms with van der Waals surface area (Å²) in [6, 6.07) is 0. The van der Waals surface area contributed by atoms with Crippen molar-refractivity contribution in [3.8, 4) is 0 Å². The van der Waals surface area contributed by atoms with Crippen LogP contribution < -0.4 is 5.32 Å². The van der Waals surface area contributed by atoms with E-state index in [4.69, 9.17) is 0 Å². The van der Waals surface area contributed by atoms with Crippen molar-refractivity contribution in [1.82, 2.24) is 10.2 Å². The molecule has 0 aromatic heterocycles. The van der Waals surface area contributed by atoms with Crippen LogP contribution in [0.5, 0.6) is 0 Å². The smallest absolute Gasteiger partial charge is 0.0335 e. The van der Waals surface area contributed by atoms with E-state index in [9.17, 15) is 0 Å². The van der Waals surface area contributed by atoms with Gasteiger partial charge in [0.2, 0.25) is 0 Å². The summed E-state index contributed by atoms with van der Waals surface area (Å²) in [5, 5.41) is 4.04. The van der Waals surface area contributed by atoms with Gasteiger partial charge < -0.3 is 5.32 Å². The summed E-state index contributed by atoms with van der Waals surface area (Å²) in [6.45, 7) is 6.56. The number of rotatable bonds is 3. The minimum absolute atomic E-state index is 0.471. The van der Waals surface area contributed by atoms with E-state index >= 15 is 0 Å². The minimum Gasteiger partial charge on any atom is -0.308 e. The minimum atomic E-state index is 0.471. The number of nitrogens with one attached hydrogen (secondary N) is 1. The maximum atomic E-state index is 4.04. The molecule has 2 heteroatoms. The van der Waals surface area contributed by atoms with Crippen molar-refractivity contribution in [2.45, 2.75) is 82.2 Å². The van der Waals surface area contributed by atoms with Gasteiger partial charge in [-0.2, -0.15) is 0 Å². The van der Waals surface area contributed by atoms with Crippen molar-refractivity contribution in [1.29, 1.82) is 0 Å². The summed E-state index contributed by atoms with van der Waals surface area (Å²) >= 11 is 0. The molecular weight excluding hydrogens is 244 g/mol. The molecular formula is C18H32N2. The monoisotopic (exact) mass is 276 g/mol. The van der Waals surface area contributed by atoms with Crippen LogP contribution in [0.1, 0.15) is 71.1 Å². The van der Waals surface area contributed by atoms with E-state index in [0.29, 0.717) is 11.1 Å². The second kappa shape index (κ2) is 4.98. The van der Waals surface area contributed by atoms with E-state index in [0.717, 1.165) is 11.8 Å². The molecule has 2 nitrogen and oxygen atoms in total. The number of nitrogens with zero attached hydrogens (tertiary/aromatic N) is 1. The quantitative estimate of drug-likeness (QED) is 0.848. The Hall–Kier alpha value is -0.0800. The fourth-order valence-corrected chi connectivity index (χ4v) is 5.01. The zero-order valence-corrected chi connectivity index (χ0v) is 13.3. The lowest BCUT2D eigenvalue weighted by Crippen LogP contribution is -2.70. The van der Waals surface area contributed by atoms with Gasteiger partial charge in [0, 0.05) is 30.7 Å². The lowest BCUT2D eigenvalue weighted by molar-refractivity contribution is -0.0283. The molecule has 0 bridgehead atoms. The first-order valence-corrected chi connectivity index (χ1v) is 9.20. The first-order valence-electron chi connectivity index (χ1n) is 9.20. The molecule has 20 heavy (non-hydrogen) atoms. The third-order valence-corrected chi connectivity index (χ3v) is 7.01. The molecule has 0 amide bonds. The van der Waals surface area contributed by atoms with E-state index in [1.165, 1.54) is 83.8 Å². The van der Waals surface area contributed by atoms with Gasteiger partial charge >= 0.3 is 0 Å². The molecule has 1 N–H and O–H groups in total. The molecule has 1 aliphatic heterocycles. The van der Waals surface area contributed by atoms with Crippen LogP contribution in [0, 0.1) is 11.8 Å². The molecule has 1 spiro atoms. The summed E-state index contributed by atoms with van der Waals surface area (Å²) in [6.07, 6.45) is 14.7. The molecule has 0 radical (unpaired) electrons. The zero-order valence-electron chi connectivity index (χ0n) is 13.3. The Labute approximate surface area is 124 Å². The highest BCUT2D eigenvalue weighted by Gasteiger charge is 2.52. The Morgan fingerprint density at radius 1 is 1.00 bits per heavy atom. The average Bonchev–Trinajstić information content (AvgIpc) is 3.24. The highest BCUT2D eigenvalue weighted by Crippen LogP contribution is 2.47. The number of piperazine rings is 1. The van der Waals surface area contributed by atoms with Gasteiger partial charge in [-0.25, -0.2) is 0 Å². The normalized spacial score (nSPS) is 38.9.